The van der Waals surface area contributed by atoms with E-state index in [0.717, 1.165) is 0 Å². The van der Waals surface area contributed by atoms with Crippen molar-refractivity contribution in [3.63, 3.8) is 0 Å². The number of nitrogens with one attached hydrogen (secondary N) is 2. The number of carboxylic acid groups (broad SMARTS) is 2. The number of carboxylic acids is 2. The molecule has 0 aromatic carbocycles. The first-order valence-corrected chi connectivity index (χ1v) is 4.81. The summed E-state index contributed by atoms with van der Waals surface area (Å²) in [5.41, 5.74) is 0. The first-order valence-electron chi connectivity index (χ1n) is 4.81. The Morgan fingerprint density at radius 3 is 2.18 bits per heavy atom. The molecule has 0 saturated carbocycles. The van der Waals surface area contributed by atoms with Crippen LogP contribution in [0.2, 0.25) is 0 Å². The molecule has 0 aromatic heterocycles. The summed E-state index contributed by atoms with van der Waals surface area (Å²) >= 11 is 0. The van der Waals surface area contributed by atoms with Gasteiger partial charge in [-0.05, 0) is 0 Å². The predicted octanol–water partition coefficient (Wildman–Crippen LogP) is -1.44. The van der Waals surface area contributed by atoms with E-state index in [1.165, 1.54) is 6.92 Å². The molecule has 0 heterocycles. The van der Waals surface area contributed by atoms with Gasteiger partial charge in [0.2, 0.25) is 11.8 Å². The van der Waals surface area contributed by atoms with Gasteiger partial charge in [-0.25, -0.2) is 4.79 Å². The third-order valence-electron chi connectivity index (χ3n) is 1.74. The van der Waals surface area contributed by atoms with Crippen molar-refractivity contribution in [1.29, 1.82) is 0 Å². The molecule has 0 aliphatic heterocycles. The molecule has 0 aromatic rings. The Bertz CT molecular complexity index is 327. The fourth-order valence-corrected chi connectivity index (χ4v) is 0.993. The Morgan fingerprint density at radius 2 is 1.76 bits per heavy atom. The van der Waals surface area contributed by atoms with Gasteiger partial charge in [-0.15, -0.1) is 0 Å². The molecule has 1 atom stereocenters. The molecule has 4 N–H and O–H groups in total. The third kappa shape index (κ3) is 7.77. The summed E-state index contributed by atoms with van der Waals surface area (Å²) in [4.78, 5) is 42.6. The molecule has 0 fully saturated rings. The van der Waals surface area contributed by atoms with Gasteiger partial charge in [-0.2, -0.15) is 0 Å². The maximum absolute atomic E-state index is 11.2. The summed E-state index contributed by atoms with van der Waals surface area (Å²) in [6, 6.07) is -1.46. The van der Waals surface area contributed by atoms with Crippen LogP contribution in [0.25, 0.3) is 0 Å². The molecule has 96 valence electrons. The second-order valence-electron chi connectivity index (χ2n) is 3.29. The molecule has 0 aliphatic carbocycles. The topological polar surface area (TPSA) is 133 Å². The van der Waals surface area contributed by atoms with Crippen LogP contribution >= 0.6 is 0 Å². The Morgan fingerprint density at radius 1 is 1.18 bits per heavy atom. The van der Waals surface area contributed by atoms with Gasteiger partial charge in [0.05, 0.1) is 6.42 Å². The summed E-state index contributed by atoms with van der Waals surface area (Å²) < 4.78 is 0. The predicted molar refractivity (Wildman–Crippen MR) is 55.1 cm³/mol. The molecule has 0 aliphatic rings. The van der Waals surface area contributed by atoms with Crippen molar-refractivity contribution in [2.75, 3.05) is 6.54 Å². The second-order valence-corrected chi connectivity index (χ2v) is 3.29. The maximum Gasteiger partial charge on any atom is 0.326 e. The minimum Gasteiger partial charge on any atom is -0.481 e. The molecule has 2 amide bonds. The van der Waals surface area contributed by atoms with Gasteiger partial charge >= 0.3 is 11.9 Å². The molecular weight excluding hydrogens is 232 g/mol. The van der Waals surface area contributed by atoms with E-state index in [0.29, 0.717) is 0 Å². The van der Waals surface area contributed by atoms with Gasteiger partial charge in [0.1, 0.15) is 6.04 Å². The smallest absolute Gasteiger partial charge is 0.326 e. The molecule has 17 heavy (non-hydrogen) atoms. The van der Waals surface area contributed by atoms with Crippen LogP contribution in [0.15, 0.2) is 0 Å². The summed E-state index contributed by atoms with van der Waals surface area (Å²) in [5, 5.41) is 21.5. The zero-order valence-electron chi connectivity index (χ0n) is 9.23. The van der Waals surface area contributed by atoms with E-state index in [1.807, 2.05) is 0 Å². The van der Waals surface area contributed by atoms with E-state index in [-0.39, 0.29) is 18.9 Å². The summed E-state index contributed by atoms with van der Waals surface area (Å²) in [5.74, 6) is -3.68. The second kappa shape index (κ2) is 7.20. The van der Waals surface area contributed by atoms with Crippen LogP contribution in [-0.4, -0.2) is 46.6 Å². The minimum atomic E-state index is -1.46. The van der Waals surface area contributed by atoms with Crippen molar-refractivity contribution in [3.8, 4) is 0 Å². The molecule has 0 unspecified atom stereocenters. The molecule has 8 nitrogen and oxygen atoms in total. The normalized spacial score (nSPS) is 11.4. The standard InChI is InChI=1S/C9H14N2O6/c1-5(12)10-3-2-7(13)11-6(9(16)17)4-8(14)15/h6H,2-4H2,1H3,(H,10,12)(H,11,13)(H,14,15)(H,16,17)/t6-/m0/s1. The Hall–Kier alpha value is -2.12. The van der Waals surface area contributed by atoms with Gasteiger partial charge < -0.3 is 20.8 Å². The lowest BCUT2D eigenvalue weighted by molar-refractivity contribution is -0.147. The van der Waals surface area contributed by atoms with E-state index < -0.39 is 30.3 Å². The molecule has 8 heteroatoms. The summed E-state index contributed by atoms with van der Waals surface area (Å²) in [6.45, 7) is 1.35. The number of rotatable bonds is 7. The number of hydrogen-bond acceptors (Lipinski definition) is 4. The molecule has 0 saturated heterocycles. The monoisotopic (exact) mass is 246 g/mol. The highest BCUT2D eigenvalue weighted by atomic mass is 16.4. The lowest BCUT2D eigenvalue weighted by Gasteiger charge is -2.12. The number of amides is 2. The van der Waals surface area contributed by atoms with E-state index in [2.05, 4.69) is 10.6 Å². The molecule has 0 spiro atoms. The highest BCUT2D eigenvalue weighted by molar-refractivity contribution is 5.87. The van der Waals surface area contributed by atoms with E-state index in [4.69, 9.17) is 10.2 Å². The van der Waals surface area contributed by atoms with Crippen molar-refractivity contribution < 1.29 is 29.4 Å². The van der Waals surface area contributed by atoms with Crippen molar-refractivity contribution in [1.82, 2.24) is 10.6 Å². The Balaban J connectivity index is 4.08. The number of carbonyl (C=O) groups excluding carboxylic acids is 2. The van der Waals surface area contributed by atoms with Crippen molar-refractivity contribution in [3.05, 3.63) is 0 Å². The van der Waals surface area contributed by atoms with Crippen molar-refractivity contribution in [2.24, 2.45) is 0 Å². The van der Waals surface area contributed by atoms with Gasteiger partial charge in [0.25, 0.3) is 0 Å². The highest BCUT2D eigenvalue weighted by Gasteiger charge is 2.22. The number of aliphatic carboxylic acids is 2. The van der Waals surface area contributed by atoms with Crippen LogP contribution < -0.4 is 10.6 Å². The van der Waals surface area contributed by atoms with Crippen LogP contribution in [0, 0.1) is 0 Å². The zero-order chi connectivity index (χ0) is 13.4. The van der Waals surface area contributed by atoms with Crippen LogP contribution in [0.4, 0.5) is 0 Å². The molecule has 0 bridgehead atoms. The van der Waals surface area contributed by atoms with E-state index >= 15 is 0 Å². The van der Waals surface area contributed by atoms with Gasteiger partial charge in [0.15, 0.2) is 0 Å². The number of hydrogen-bond donors (Lipinski definition) is 4. The van der Waals surface area contributed by atoms with Crippen LogP contribution in [0.3, 0.4) is 0 Å². The molecule has 0 rings (SSSR count). The van der Waals surface area contributed by atoms with Crippen molar-refractivity contribution in [2.45, 2.75) is 25.8 Å². The fourth-order valence-electron chi connectivity index (χ4n) is 0.993. The summed E-state index contributed by atoms with van der Waals surface area (Å²) in [7, 11) is 0. The van der Waals surface area contributed by atoms with Crippen LogP contribution in [-0.2, 0) is 19.2 Å². The first kappa shape index (κ1) is 14.9. The highest BCUT2D eigenvalue weighted by Crippen LogP contribution is 1.93. The van der Waals surface area contributed by atoms with Crippen LogP contribution in [0.5, 0.6) is 0 Å². The van der Waals surface area contributed by atoms with E-state index in [1.54, 1.807) is 0 Å². The van der Waals surface area contributed by atoms with Crippen molar-refractivity contribution >= 4 is 23.8 Å². The Kier molecular flexibility index (Phi) is 6.30. The maximum atomic E-state index is 11.2. The lowest BCUT2D eigenvalue weighted by Crippen LogP contribution is -2.43. The summed E-state index contributed by atoms with van der Waals surface area (Å²) in [6.07, 6.45) is -0.801. The zero-order valence-corrected chi connectivity index (χ0v) is 9.23. The largest absolute Gasteiger partial charge is 0.481 e. The van der Waals surface area contributed by atoms with Gasteiger partial charge in [-0.1, -0.05) is 0 Å². The number of carbonyl (C=O) groups is 4. The minimum absolute atomic E-state index is 0.0700. The lowest BCUT2D eigenvalue weighted by atomic mass is 10.2. The molecule has 0 radical (unpaired) electrons. The average Bonchev–Trinajstić information content (AvgIpc) is 2.15. The average molecular weight is 246 g/mol. The van der Waals surface area contributed by atoms with Crippen LogP contribution in [0.1, 0.15) is 19.8 Å². The van der Waals surface area contributed by atoms with Gasteiger partial charge in [-0.3, -0.25) is 14.4 Å². The molecular formula is C9H14N2O6. The van der Waals surface area contributed by atoms with Gasteiger partial charge in [0, 0.05) is 19.9 Å². The first-order chi connectivity index (χ1) is 7.82. The Labute approximate surface area is 97.0 Å². The SMILES string of the molecule is CC(=O)NCCC(=O)N[C@@H](CC(=O)O)C(=O)O. The quantitative estimate of drug-likeness (QED) is 0.434. The fraction of sp³-hybridized carbons (Fsp3) is 0.556. The van der Waals surface area contributed by atoms with E-state index in [9.17, 15) is 19.2 Å². The third-order valence-corrected chi connectivity index (χ3v) is 1.74.